The van der Waals surface area contributed by atoms with E-state index in [1.807, 2.05) is 12.2 Å². The van der Waals surface area contributed by atoms with Crippen LogP contribution in [0.1, 0.15) is 40.0 Å². The second-order valence-electron chi connectivity index (χ2n) is 5.67. The van der Waals surface area contributed by atoms with Gasteiger partial charge in [-0.1, -0.05) is 12.2 Å². The van der Waals surface area contributed by atoms with Gasteiger partial charge in [0.25, 0.3) is 0 Å². The zero-order valence-electron chi connectivity index (χ0n) is 12.1. The van der Waals surface area contributed by atoms with Gasteiger partial charge in [-0.05, 0) is 40.0 Å². The zero-order chi connectivity index (χ0) is 14.5. The lowest BCUT2D eigenvalue weighted by atomic mass is 9.94. The van der Waals surface area contributed by atoms with Crippen molar-refractivity contribution >= 4 is 12.1 Å². The number of carbonyl (C=O) groups excluding carboxylic acids is 2. The largest absolute Gasteiger partial charge is 0.469 e. The van der Waals surface area contributed by atoms with E-state index in [1.54, 1.807) is 20.8 Å². The Bertz CT molecular complexity index is 357. The quantitative estimate of drug-likeness (QED) is 0.617. The number of ether oxygens (including phenoxy) is 2. The second kappa shape index (κ2) is 6.59. The number of amides is 1. The highest BCUT2D eigenvalue weighted by molar-refractivity contribution is 5.75. The van der Waals surface area contributed by atoms with Gasteiger partial charge in [0, 0.05) is 6.04 Å². The van der Waals surface area contributed by atoms with Crippen molar-refractivity contribution in [3.63, 3.8) is 0 Å². The molecule has 2 atom stereocenters. The Morgan fingerprint density at radius 2 is 1.95 bits per heavy atom. The number of nitrogens with one attached hydrogen (secondary N) is 1. The number of carbonyl (C=O) groups is 2. The van der Waals surface area contributed by atoms with E-state index in [4.69, 9.17) is 9.47 Å². The van der Waals surface area contributed by atoms with Crippen molar-refractivity contribution < 1.29 is 19.1 Å². The van der Waals surface area contributed by atoms with E-state index >= 15 is 0 Å². The molecule has 0 spiro atoms. The molecule has 0 saturated carbocycles. The molecule has 1 rings (SSSR count). The van der Waals surface area contributed by atoms with Crippen LogP contribution in [0.15, 0.2) is 12.2 Å². The fraction of sp³-hybridized carbons (Fsp3) is 0.714. The van der Waals surface area contributed by atoms with Crippen molar-refractivity contribution in [1.82, 2.24) is 5.32 Å². The first-order chi connectivity index (χ1) is 8.83. The summed E-state index contributed by atoms with van der Waals surface area (Å²) < 4.78 is 10.0. The average molecular weight is 269 g/mol. The molecule has 5 heteroatoms. The Morgan fingerprint density at radius 3 is 2.53 bits per heavy atom. The first kappa shape index (κ1) is 15.5. The van der Waals surface area contributed by atoms with Gasteiger partial charge in [0.2, 0.25) is 0 Å². The minimum Gasteiger partial charge on any atom is -0.469 e. The summed E-state index contributed by atoms with van der Waals surface area (Å²) in [5.41, 5.74) is -0.550. The highest BCUT2D eigenvalue weighted by Crippen LogP contribution is 2.21. The van der Waals surface area contributed by atoms with E-state index in [2.05, 4.69) is 5.32 Å². The highest BCUT2D eigenvalue weighted by Gasteiger charge is 2.31. The Morgan fingerprint density at radius 1 is 1.26 bits per heavy atom. The minimum absolute atomic E-state index is 0.277. The summed E-state index contributed by atoms with van der Waals surface area (Å²) in [4.78, 5) is 23.5. The van der Waals surface area contributed by atoms with E-state index in [0.717, 1.165) is 6.42 Å². The van der Waals surface area contributed by atoms with Gasteiger partial charge in [-0.2, -0.15) is 0 Å². The lowest BCUT2D eigenvalue weighted by molar-refractivity contribution is -0.146. The Hall–Kier alpha value is -1.52. The van der Waals surface area contributed by atoms with Crippen LogP contribution in [0.2, 0.25) is 0 Å². The molecule has 108 valence electrons. The number of alkyl carbamates (subject to hydrolysis) is 1. The van der Waals surface area contributed by atoms with Crippen LogP contribution in [-0.4, -0.2) is 30.8 Å². The molecule has 1 N–H and O–H groups in total. The van der Waals surface area contributed by atoms with Crippen molar-refractivity contribution in [3.05, 3.63) is 12.2 Å². The van der Waals surface area contributed by atoms with E-state index in [9.17, 15) is 9.59 Å². The smallest absolute Gasteiger partial charge is 0.407 e. The first-order valence-electron chi connectivity index (χ1n) is 6.56. The summed E-state index contributed by atoms with van der Waals surface area (Å²) >= 11 is 0. The van der Waals surface area contributed by atoms with E-state index < -0.39 is 11.7 Å². The molecule has 0 aliphatic heterocycles. The van der Waals surface area contributed by atoms with Gasteiger partial charge in [0.15, 0.2) is 0 Å². The van der Waals surface area contributed by atoms with Gasteiger partial charge in [0.05, 0.1) is 13.0 Å². The fourth-order valence-electron chi connectivity index (χ4n) is 2.05. The monoisotopic (exact) mass is 269 g/mol. The van der Waals surface area contributed by atoms with E-state index in [1.165, 1.54) is 7.11 Å². The predicted octanol–water partition coefficient (Wildman–Crippen LogP) is 2.41. The maximum Gasteiger partial charge on any atom is 0.407 e. The van der Waals surface area contributed by atoms with E-state index in [-0.39, 0.29) is 17.9 Å². The van der Waals surface area contributed by atoms with Gasteiger partial charge in [0.1, 0.15) is 5.60 Å². The lowest BCUT2D eigenvalue weighted by Crippen LogP contribution is -2.45. The molecule has 5 nitrogen and oxygen atoms in total. The second-order valence-corrected chi connectivity index (χ2v) is 5.67. The van der Waals surface area contributed by atoms with E-state index in [0.29, 0.717) is 12.8 Å². The maximum absolute atomic E-state index is 11.8. The third-order valence-corrected chi connectivity index (χ3v) is 2.89. The fourth-order valence-corrected chi connectivity index (χ4v) is 2.05. The van der Waals surface area contributed by atoms with Gasteiger partial charge in [-0.25, -0.2) is 4.79 Å². The summed E-state index contributed by atoms with van der Waals surface area (Å²) in [5, 5.41) is 2.77. The Balaban J connectivity index is 2.67. The number of rotatable bonds is 2. The number of allylic oxidation sites excluding steroid dienone is 1. The molecular formula is C14H23NO4. The maximum atomic E-state index is 11.8. The minimum atomic E-state index is -0.550. The molecule has 1 aliphatic rings. The number of esters is 1. The molecule has 0 saturated heterocycles. The molecule has 1 amide bonds. The number of hydrogen-bond donors (Lipinski definition) is 1. The van der Waals surface area contributed by atoms with Gasteiger partial charge in [-0.15, -0.1) is 0 Å². The molecule has 19 heavy (non-hydrogen) atoms. The van der Waals surface area contributed by atoms with Gasteiger partial charge >= 0.3 is 12.1 Å². The molecule has 0 heterocycles. The number of hydrogen-bond acceptors (Lipinski definition) is 4. The molecule has 0 aromatic rings. The lowest BCUT2D eigenvalue weighted by Gasteiger charge is -2.26. The van der Waals surface area contributed by atoms with Crippen molar-refractivity contribution in [1.29, 1.82) is 0 Å². The third kappa shape index (κ3) is 5.32. The molecule has 0 bridgehead atoms. The van der Waals surface area contributed by atoms with Crippen LogP contribution in [0.25, 0.3) is 0 Å². The molecule has 1 aliphatic carbocycles. The van der Waals surface area contributed by atoms with Crippen LogP contribution >= 0.6 is 0 Å². The SMILES string of the molecule is COC(=O)[C@H]1CCC=CC[C@@H]1NC(=O)OC(C)(C)C. The Kier molecular flexibility index (Phi) is 5.39. The predicted molar refractivity (Wildman–Crippen MR) is 71.7 cm³/mol. The third-order valence-electron chi connectivity index (χ3n) is 2.89. The zero-order valence-corrected chi connectivity index (χ0v) is 12.1. The van der Waals surface area contributed by atoms with Crippen LogP contribution < -0.4 is 5.32 Å². The average Bonchev–Trinajstić information content (AvgIpc) is 2.51. The van der Waals surface area contributed by atoms with Crippen molar-refractivity contribution in [2.75, 3.05) is 7.11 Å². The molecule has 0 fully saturated rings. The van der Waals surface area contributed by atoms with Crippen LogP contribution in [0, 0.1) is 5.92 Å². The first-order valence-corrected chi connectivity index (χ1v) is 6.56. The molecule has 0 aromatic carbocycles. The number of methoxy groups -OCH3 is 1. The summed E-state index contributed by atoms with van der Waals surface area (Å²) in [6.07, 6.45) is 5.59. The summed E-state index contributed by atoms with van der Waals surface area (Å²) in [5.74, 6) is -0.614. The topological polar surface area (TPSA) is 64.6 Å². The Labute approximate surface area is 114 Å². The molecule has 0 aromatic heterocycles. The normalized spacial score (nSPS) is 23.4. The molecular weight excluding hydrogens is 246 g/mol. The van der Waals surface area contributed by atoms with Crippen molar-refractivity contribution in [2.24, 2.45) is 5.92 Å². The van der Waals surface area contributed by atoms with Crippen LogP contribution in [0.5, 0.6) is 0 Å². The van der Waals surface area contributed by atoms with Crippen LogP contribution in [0.4, 0.5) is 4.79 Å². The van der Waals surface area contributed by atoms with Crippen LogP contribution in [-0.2, 0) is 14.3 Å². The van der Waals surface area contributed by atoms with Gasteiger partial charge < -0.3 is 14.8 Å². The van der Waals surface area contributed by atoms with Gasteiger partial charge in [-0.3, -0.25) is 4.79 Å². The van der Waals surface area contributed by atoms with Crippen LogP contribution in [0.3, 0.4) is 0 Å². The standard InChI is InChI=1S/C14H23NO4/c1-14(2,3)19-13(17)15-11-9-7-5-6-8-10(11)12(16)18-4/h5,7,10-11H,6,8-9H2,1-4H3,(H,15,17)/t10-,11-/m0/s1. The summed E-state index contributed by atoms with van der Waals surface area (Å²) in [7, 11) is 1.37. The summed E-state index contributed by atoms with van der Waals surface area (Å²) in [6.45, 7) is 5.41. The molecule has 0 radical (unpaired) electrons. The van der Waals surface area contributed by atoms with Crippen molar-refractivity contribution in [2.45, 2.75) is 51.7 Å². The van der Waals surface area contributed by atoms with Crippen molar-refractivity contribution in [3.8, 4) is 0 Å². The molecule has 0 unspecified atom stereocenters. The highest BCUT2D eigenvalue weighted by atomic mass is 16.6. The summed E-state index contributed by atoms with van der Waals surface area (Å²) in [6, 6.07) is -0.277.